The SMILES string of the molecule is COC(=O)/C(C#N)=C/c1ccc(/C=C(\C#N)C(=O)OC)cc1. The Hall–Kier alpha value is -3.38. The molecule has 0 saturated carbocycles. The Morgan fingerprint density at radius 3 is 1.41 bits per heavy atom. The number of carbonyl (C=O) groups excluding carboxylic acids is 2. The predicted octanol–water partition coefficient (Wildman–Crippen LogP) is 1.85. The summed E-state index contributed by atoms with van der Waals surface area (Å²) in [5, 5.41) is 17.7. The van der Waals surface area contributed by atoms with E-state index in [1.54, 1.807) is 36.4 Å². The highest BCUT2D eigenvalue weighted by Gasteiger charge is 2.09. The third-order valence-corrected chi connectivity index (χ3v) is 2.61. The smallest absolute Gasteiger partial charge is 0.348 e. The summed E-state index contributed by atoms with van der Waals surface area (Å²) in [6, 6.07) is 10.0. The normalized spacial score (nSPS) is 11.1. The van der Waals surface area contributed by atoms with E-state index >= 15 is 0 Å². The molecule has 22 heavy (non-hydrogen) atoms. The van der Waals surface area contributed by atoms with Crippen molar-refractivity contribution >= 4 is 24.1 Å². The Morgan fingerprint density at radius 1 is 0.864 bits per heavy atom. The molecule has 0 aliphatic heterocycles. The lowest BCUT2D eigenvalue weighted by Crippen LogP contribution is -2.02. The molecule has 0 spiro atoms. The molecule has 0 aliphatic carbocycles. The van der Waals surface area contributed by atoms with Crippen LogP contribution in [0.4, 0.5) is 0 Å². The van der Waals surface area contributed by atoms with Crippen molar-refractivity contribution < 1.29 is 19.1 Å². The van der Waals surface area contributed by atoms with Crippen LogP contribution in [0.15, 0.2) is 35.4 Å². The van der Waals surface area contributed by atoms with E-state index in [2.05, 4.69) is 9.47 Å². The lowest BCUT2D eigenvalue weighted by atomic mass is 10.1. The van der Waals surface area contributed by atoms with Crippen LogP contribution >= 0.6 is 0 Å². The zero-order valence-corrected chi connectivity index (χ0v) is 12.0. The highest BCUT2D eigenvalue weighted by molar-refractivity contribution is 5.98. The number of nitrogens with zero attached hydrogens (tertiary/aromatic N) is 2. The summed E-state index contributed by atoms with van der Waals surface area (Å²) in [6.07, 6.45) is 2.76. The van der Waals surface area contributed by atoms with E-state index in [4.69, 9.17) is 10.5 Å². The summed E-state index contributed by atoms with van der Waals surface area (Å²) in [5.41, 5.74) is 0.961. The fourth-order valence-corrected chi connectivity index (χ4v) is 1.52. The molecule has 0 radical (unpaired) electrons. The molecular weight excluding hydrogens is 284 g/mol. The van der Waals surface area contributed by atoms with Crippen molar-refractivity contribution in [2.24, 2.45) is 0 Å². The first-order valence-electron chi connectivity index (χ1n) is 6.06. The van der Waals surface area contributed by atoms with Crippen molar-refractivity contribution in [3.05, 3.63) is 46.5 Å². The molecule has 6 nitrogen and oxygen atoms in total. The number of hydrogen-bond acceptors (Lipinski definition) is 6. The second-order valence-electron chi connectivity index (χ2n) is 3.99. The molecule has 0 fully saturated rings. The molecule has 0 saturated heterocycles. The minimum absolute atomic E-state index is 0.127. The van der Waals surface area contributed by atoms with Gasteiger partial charge in [0, 0.05) is 0 Å². The molecule has 1 aromatic carbocycles. The van der Waals surface area contributed by atoms with Crippen molar-refractivity contribution in [3.63, 3.8) is 0 Å². The van der Waals surface area contributed by atoms with Crippen molar-refractivity contribution in [1.82, 2.24) is 0 Å². The molecule has 0 aliphatic rings. The number of carbonyl (C=O) groups is 2. The van der Waals surface area contributed by atoms with E-state index in [1.165, 1.54) is 26.4 Å². The standard InChI is InChI=1S/C16H12N2O4/c1-21-15(19)13(9-17)7-11-3-5-12(6-4-11)8-14(10-18)16(20)22-2/h3-8H,1-2H3/b13-7+,14-8+. The Morgan fingerprint density at radius 2 is 1.18 bits per heavy atom. The van der Waals surface area contributed by atoms with Crippen LogP contribution in [0.2, 0.25) is 0 Å². The van der Waals surface area contributed by atoms with Crippen LogP contribution in [0.5, 0.6) is 0 Å². The third kappa shape index (κ3) is 4.32. The molecular formula is C16H12N2O4. The zero-order valence-electron chi connectivity index (χ0n) is 12.0. The Kier molecular flexibility index (Phi) is 6.09. The maximum absolute atomic E-state index is 11.3. The molecule has 6 heteroatoms. The first-order valence-corrected chi connectivity index (χ1v) is 6.06. The molecule has 0 amide bonds. The molecule has 0 N–H and O–H groups in total. The van der Waals surface area contributed by atoms with Crippen LogP contribution in [-0.2, 0) is 19.1 Å². The Bertz CT molecular complexity index is 653. The molecule has 0 aromatic heterocycles. The number of esters is 2. The van der Waals surface area contributed by atoms with Gasteiger partial charge < -0.3 is 9.47 Å². The lowest BCUT2D eigenvalue weighted by Gasteiger charge is -2.00. The Labute approximate surface area is 127 Å². The summed E-state index contributed by atoms with van der Waals surface area (Å²) >= 11 is 0. The van der Waals surface area contributed by atoms with Crippen LogP contribution in [0, 0.1) is 22.7 Å². The first kappa shape index (κ1) is 16.7. The lowest BCUT2D eigenvalue weighted by molar-refractivity contribution is -0.136. The van der Waals surface area contributed by atoms with Gasteiger partial charge in [-0.25, -0.2) is 9.59 Å². The van der Waals surface area contributed by atoms with E-state index in [9.17, 15) is 9.59 Å². The van der Waals surface area contributed by atoms with E-state index < -0.39 is 11.9 Å². The van der Waals surface area contributed by atoms with Crippen LogP contribution in [-0.4, -0.2) is 26.2 Å². The summed E-state index contributed by atoms with van der Waals surface area (Å²) in [5.74, 6) is -1.44. The zero-order chi connectivity index (χ0) is 16.5. The molecule has 1 rings (SSSR count). The molecule has 0 bridgehead atoms. The maximum atomic E-state index is 11.3. The maximum Gasteiger partial charge on any atom is 0.348 e. The number of hydrogen-bond donors (Lipinski definition) is 0. The van der Waals surface area contributed by atoms with Crippen molar-refractivity contribution in [3.8, 4) is 12.1 Å². The van der Waals surface area contributed by atoms with Crippen molar-refractivity contribution in [2.75, 3.05) is 14.2 Å². The molecule has 0 atom stereocenters. The van der Waals surface area contributed by atoms with Gasteiger partial charge in [-0.2, -0.15) is 10.5 Å². The van der Waals surface area contributed by atoms with E-state index in [-0.39, 0.29) is 11.1 Å². The average molecular weight is 296 g/mol. The van der Waals surface area contributed by atoms with E-state index in [0.717, 1.165) is 0 Å². The molecule has 0 unspecified atom stereocenters. The molecule has 1 aromatic rings. The summed E-state index contributed by atoms with van der Waals surface area (Å²) in [6.45, 7) is 0. The summed E-state index contributed by atoms with van der Waals surface area (Å²) in [7, 11) is 2.38. The van der Waals surface area contributed by atoms with E-state index in [0.29, 0.717) is 11.1 Å². The van der Waals surface area contributed by atoms with Crippen LogP contribution < -0.4 is 0 Å². The fraction of sp³-hybridized carbons (Fsp3) is 0.125. The Balaban J connectivity index is 3.06. The second kappa shape index (κ2) is 8.03. The number of methoxy groups -OCH3 is 2. The fourth-order valence-electron chi connectivity index (χ4n) is 1.52. The van der Waals surface area contributed by atoms with Crippen LogP contribution in [0.25, 0.3) is 12.2 Å². The van der Waals surface area contributed by atoms with Gasteiger partial charge in [0.2, 0.25) is 0 Å². The van der Waals surface area contributed by atoms with Gasteiger partial charge in [0.1, 0.15) is 23.3 Å². The van der Waals surface area contributed by atoms with Gasteiger partial charge in [0.05, 0.1) is 14.2 Å². The number of ether oxygens (including phenoxy) is 2. The average Bonchev–Trinajstić information content (AvgIpc) is 2.57. The van der Waals surface area contributed by atoms with E-state index in [1.807, 2.05) is 0 Å². The first-order chi connectivity index (χ1) is 10.5. The van der Waals surface area contributed by atoms with Crippen molar-refractivity contribution in [1.29, 1.82) is 10.5 Å². The van der Waals surface area contributed by atoms with Crippen molar-refractivity contribution in [2.45, 2.75) is 0 Å². The van der Waals surface area contributed by atoms with Gasteiger partial charge in [0.25, 0.3) is 0 Å². The minimum atomic E-state index is -0.719. The van der Waals surface area contributed by atoms with Gasteiger partial charge in [-0.05, 0) is 23.3 Å². The largest absolute Gasteiger partial charge is 0.465 e. The number of rotatable bonds is 4. The second-order valence-corrected chi connectivity index (χ2v) is 3.99. The third-order valence-electron chi connectivity index (χ3n) is 2.61. The van der Waals surface area contributed by atoms with Crippen LogP contribution in [0.1, 0.15) is 11.1 Å². The van der Waals surface area contributed by atoms with Crippen LogP contribution in [0.3, 0.4) is 0 Å². The predicted molar refractivity (Wildman–Crippen MR) is 77.7 cm³/mol. The number of nitriles is 2. The van der Waals surface area contributed by atoms with Gasteiger partial charge in [-0.1, -0.05) is 24.3 Å². The highest BCUT2D eigenvalue weighted by Crippen LogP contribution is 2.13. The van der Waals surface area contributed by atoms with Gasteiger partial charge in [0.15, 0.2) is 0 Å². The highest BCUT2D eigenvalue weighted by atomic mass is 16.5. The topological polar surface area (TPSA) is 100 Å². The van der Waals surface area contributed by atoms with Gasteiger partial charge >= 0.3 is 11.9 Å². The van der Waals surface area contributed by atoms with Gasteiger partial charge in [-0.15, -0.1) is 0 Å². The molecule has 110 valence electrons. The monoisotopic (exact) mass is 296 g/mol. The minimum Gasteiger partial charge on any atom is -0.465 e. The number of benzene rings is 1. The quantitative estimate of drug-likeness (QED) is 0.477. The summed E-state index contributed by atoms with van der Waals surface area (Å²) < 4.78 is 8.96. The van der Waals surface area contributed by atoms with Gasteiger partial charge in [-0.3, -0.25) is 0 Å². The molecule has 0 heterocycles. The summed E-state index contributed by atoms with van der Waals surface area (Å²) in [4.78, 5) is 22.6.